The van der Waals surface area contributed by atoms with E-state index in [2.05, 4.69) is 61.8 Å². The summed E-state index contributed by atoms with van der Waals surface area (Å²) in [7, 11) is 3.46. The highest BCUT2D eigenvalue weighted by Crippen LogP contribution is 2.36. The first-order valence-electron chi connectivity index (χ1n) is 10.3. The highest BCUT2D eigenvalue weighted by Gasteiger charge is 2.23. The van der Waals surface area contributed by atoms with Gasteiger partial charge in [-0.1, -0.05) is 12.1 Å². The van der Waals surface area contributed by atoms with Crippen LogP contribution in [-0.2, 0) is 12.8 Å². The highest BCUT2D eigenvalue weighted by atomic mass is 16.5. The predicted octanol–water partition coefficient (Wildman–Crippen LogP) is 4.93. The minimum absolute atomic E-state index is 0.573. The van der Waals surface area contributed by atoms with Crippen LogP contribution in [0.3, 0.4) is 0 Å². The lowest BCUT2D eigenvalue weighted by Crippen LogP contribution is -2.28. The first-order valence-corrected chi connectivity index (χ1v) is 10.3. The molecule has 2 heterocycles. The van der Waals surface area contributed by atoms with E-state index in [-0.39, 0.29) is 0 Å². The number of ether oxygens (including phenoxy) is 2. The number of methoxy groups -OCH3 is 2. The zero-order valence-electron chi connectivity index (χ0n) is 18.2. The number of anilines is 2. The molecule has 0 saturated carbocycles. The molecule has 0 fully saturated rings. The van der Waals surface area contributed by atoms with Gasteiger partial charge in [-0.3, -0.25) is 0 Å². The van der Waals surface area contributed by atoms with Gasteiger partial charge in [-0.25, -0.2) is 0 Å². The van der Waals surface area contributed by atoms with Crippen molar-refractivity contribution in [1.29, 1.82) is 0 Å². The number of fused-ring (bicyclic) bond motifs is 2. The van der Waals surface area contributed by atoms with Crippen LogP contribution >= 0.6 is 0 Å². The van der Waals surface area contributed by atoms with Crippen molar-refractivity contribution in [2.24, 2.45) is 0 Å². The van der Waals surface area contributed by atoms with Gasteiger partial charge in [-0.05, 0) is 64.3 Å². The van der Waals surface area contributed by atoms with Crippen molar-refractivity contribution in [1.82, 2.24) is 0 Å². The molecule has 0 N–H and O–H groups in total. The Morgan fingerprint density at radius 2 is 1.46 bits per heavy atom. The van der Waals surface area contributed by atoms with E-state index in [1.54, 1.807) is 14.2 Å². The monoisotopic (exact) mass is 382 g/mol. The van der Waals surface area contributed by atoms with Gasteiger partial charge in [0.2, 0.25) is 0 Å². The molecule has 152 valence electrons. The first-order chi connectivity index (χ1) is 13.5. The fourth-order valence-electron chi connectivity index (χ4n) is 4.20. The standard InChI is InChI=1S/2C12H17NO/c1-9(2)13-7-6-10-4-5-11(14-3)8-12(10)13;1-9(2)13-8-7-10-11(13)5-4-6-12(10)14-3/h4-5,8-9H,6-7H2,1-3H3;4-6,9H,7-8H2,1-3H3. The summed E-state index contributed by atoms with van der Waals surface area (Å²) < 4.78 is 10.6. The van der Waals surface area contributed by atoms with Gasteiger partial charge < -0.3 is 19.3 Å². The molecule has 0 radical (unpaired) electrons. The molecule has 2 aliphatic rings. The van der Waals surface area contributed by atoms with Crippen molar-refractivity contribution in [3.8, 4) is 11.5 Å². The van der Waals surface area contributed by atoms with E-state index in [1.807, 2.05) is 12.1 Å². The number of nitrogens with zero attached hydrogens (tertiary/aromatic N) is 2. The summed E-state index contributed by atoms with van der Waals surface area (Å²) >= 11 is 0. The van der Waals surface area contributed by atoms with Crippen LogP contribution in [0.4, 0.5) is 11.4 Å². The topological polar surface area (TPSA) is 24.9 Å². The van der Waals surface area contributed by atoms with E-state index in [4.69, 9.17) is 9.47 Å². The van der Waals surface area contributed by atoms with Gasteiger partial charge in [0.05, 0.1) is 14.2 Å². The number of rotatable bonds is 4. The van der Waals surface area contributed by atoms with Gasteiger partial charge in [-0.2, -0.15) is 0 Å². The molecule has 2 aromatic carbocycles. The van der Waals surface area contributed by atoms with Crippen LogP contribution in [0.5, 0.6) is 11.5 Å². The largest absolute Gasteiger partial charge is 0.497 e. The van der Waals surface area contributed by atoms with Crippen molar-refractivity contribution in [2.45, 2.75) is 52.6 Å². The van der Waals surface area contributed by atoms with Crippen LogP contribution in [0, 0.1) is 0 Å². The third-order valence-corrected chi connectivity index (χ3v) is 5.71. The van der Waals surface area contributed by atoms with Crippen LogP contribution in [0.1, 0.15) is 38.8 Å². The Bertz CT molecular complexity index is 793. The van der Waals surface area contributed by atoms with Crippen molar-refractivity contribution >= 4 is 11.4 Å². The molecular weight excluding hydrogens is 348 g/mol. The smallest absolute Gasteiger partial charge is 0.124 e. The van der Waals surface area contributed by atoms with E-state index in [0.717, 1.165) is 37.4 Å². The van der Waals surface area contributed by atoms with Crippen molar-refractivity contribution in [2.75, 3.05) is 37.1 Å². The van der Waals surface area contributed by atoms with Gasteiger partial charge >= 0.3 is 0 Å². The number of benzene rings is 2. The zero-order chi connectivity index (χ0) is 20.3. The highest BCUT2D eigenvalue weighted by molar-refractivity contribution is 5.63. The number of hydrogen-bond acceptors (Lipinski definition) is 4. The summed E-state index contributed by atoms with van der Waals surface area (Å²) in [4.78, 5) is 4.86. The molecule has 0 bridgehead atoms. The predicted molar refractivity (Wildman–Crippen MR) is 118 cm³/mol. The molecule has 0 aliphatic carbocycles. The first kappa shape index (κ1) is 20.4. The van der Waals surface area contributed by atoms with Crippen LogP contribution in [0.25, 0.3) is 0 Å². The van der Waals surface area contributed by atoms with Crippen molar-refractivity contribution in [3.63, 3.8) is 0 Å². The van der Waals surface area contributed by atoms with Gasteiger partial charge in [-0.15, -0.1) is 0 Å². The molecular formula is C24H34N2O2. The molecule has 0 amide bonds. The maximum atomic E-state index is 5.36. The Balaban J connectivity index is 0.000000161. The lowest BCUT2D eigenvalue weighted by molar-refractivity contribution is 0.411. The second kappa shape index (κ2) is 8.76. The van der Waals surface area contributed by atoms with Crippen LogP contribution in [-0.4, -0.2) is 39.4 Å². The summed E-state index contributed by atoms with van der Waals surface area (Å²) in [5.74, 6) is 1.99. The molecule has 0 spiro atoms. The minimum Gasteiger partial charge on any atom is -0.497 e. The maximum Gasteiger partial charge on any atom is 0.124 e. The quantitative estimate of drug-likeness (QED) is 0.748. The van der Waals surface area contributed by atoms with E-state index < -0.39 is 0 Å². The molecule has 0 unspecified atom stereocenters. The summed E-state index contributed by atoms with van der Waals surface area (Å²) in [6.45, 7) is 11.2. The molecule has 2 aromatic rings. The normalized spacial score (nSPS) is 14.7. The van der Waals surface area contributed by atoms with Gasteiger partial charge in [0.1, 0.15) is 11.5 Å². The Morgan fingerprint density at radius 1 is 0.786 bits per heavy atom. The van der Waals surface area contributed by atoms with E-state index in [9.17, 15) is 0 Å². The lowest BCUT2D eigenvalue weighted by atomic mass is 10.1. The van der Waals surface area contributed by atoms with Gasteiger partial charge in [0.25, 0.3) is 0 Å². The van der Waals surface area contributed by atoms with Crippen LogP contribution < -0.4 is 19.3 Å². The summed E-state index contributed by atoms with van der Waals surface area (Å²) in [5.41, 5.74) is 5.50. The van der Waals surface area contributed by atoms with Crippen molar-refractivity contribution < 1.29 is 9.47 Å². The van der Waals surface area contributed by atoms with E-state index in [0.29, 0.717) is 12.1 Å². The summed E-state index contributed by atoms with van der Waals surface area (Å²) in [5, 5.41) is 0. The molecule has 4 heteroatoms. The third kappa shape index (κ3) is 4.06. The Morgan fingerprint density at radius 3 is 2.11 bits per heavy atom. The molecule has 0 aromatic heterocycles. The summed E-state index contributed by atoms with van der Waals surface area (Å²) in [6, 6.07) is 13.8. The fourth-order valence-corrected chi connectivity index (χ4v) is 4.20. The Kier molecular flexibility index (Phi) is 6.38. The van der Waals surface area contributed by atoms with E-state index >= 15 is 0 Å². The molecule has 2 aliphatic heterocycles. The third-order valence-electron chi connectivity index (χ3n) is 5.71. The summed E-state index contributed by atoms with van der Waals surface area (Å²) in [6.07, 6.45) is 2.27. The average Bonchev–Trinajstić information content (AvgIpc) is 3.31. The Labute approximate surface area is 170 Å². The number of hydrogen-bond donors (Lipinski definition) is 0. The van der Waals surface area contributed by atoms with Crippen molar-refractivity contribution in [3.05, 3.63) is 47.5 Å². The van der Waals surface area contributed by atoms with Gasteiger partial charge in [0.15, 0.2) is 0 Å². The fraction of sp³-hybridized carbons (Fsp3) is 0.500. The second-order valence-corrected chi connectivity index (χ2v) is 8.03. The molecule has 0 saturated heterocycles. The molecule has 0 atom stereocenters. The average molecular weight is 383 g/mol. The van der Waals surface area contributed by atoms with E-state index in [1.165, 1.54) is 22.5 Å². The van der Waals surface area contributed by atoms with Gasteiger partial charge in [0, 0.05) is 48.2 Å². The molecule has 28 heavy (non-hydrogen) atoms. The zero-order valence-corrected chi connectivity index (χ0v) is 18.2. The lowest BCUT2D eigenvalue weighted by Gasteiger charge is -2.24. The SMILES string of the molecule is COc1ccc2c(c1)N(C(C)C)CC2.COc1cccc2c1CCN2C(C)C. The molecule has 4 rings (SSSR count). The van der Waals surface area contributed by atoms with Crippen LogP contribution in [0.15, 0.2) is 36.4 Å². The Hall–Kier alpha value is -2.36. The van der Waals surface area contributed by atoms with Crippen LogP contribution in [0.2, 0.25) is 0 Å². The molecule has 4 nitrogen and oxygen atoms in total. The minimum atomic E-state index is 0.573. The second-order valence-electron chi connectivity index (χ2n) is 8.03. The maximum absolute atomic E-state index is 5.36.